The number of carbonyl (C=O) groups excluding carboxylic acids is 1. The lowest BCUT2D eigenvalue weighted by Gasteiger charge is -2.26. The van der Waals surface area contributed by atoms with E-state index in [1.807, 2.05) is 0 Å². The largest absolute Gasteiger partial charge is 0.492 e. The molecule has 0 spiro atoms. The first-order chi connectivity index (χ1) is 17.8. The zero-order valence-electron chi connectivity index (χ0n) is 20.4. The molecule has 13 heteroatoms. The van der Waals surface area contributed by atoms with Crippen LogP contribution in [-0.4, -0.2) is 97.1 Å². The molecular formula is C24H31N3O8S2. The van der Waals surface area contributed by atoms with Gasteiger partial charge in [0.2, 0.25) is 20.0 Å². The molecule has 2 saturated heterocycles. The molecule has 11 nitrogen and oxygen atoms in total. The van der Waals surface area contributed by atoms with Gasteiger partial charge in [-0.25, -0.2) is 16.8 Å². The molecule has 0 aromatic heterocycles. The van der Waals surface area contributed by atoms with Gasteiger partial charge >= 0.3 is 0 Å². The summed E-state index contributed by atoms with van der Waals surface area (Å²) in [7, 11) is -7.00. The first-order valence-electron chi connectivity index (χ1n) is 12.0. The van der Waals surface area contributed by atoms with Gasteiger partial charge in [-0.15, -0.1) is 0 Å². The number of hydrogen-bond donors (Lipinski definition) is 1. The Morgan fingerprint density at radius 2 is 1.38 bits per heavy atom. The molecule has 2 heterocycles. The molecule has 2 aromatic carbocycles. The quantitative estimate of drug-likeness (QED) is 0.425. The van der Waals surface area contributed by atoms with Gasteiger partial charge < -0.3 is 19.5 Å². The van der Waals surface area contributed by atoms with Crippen LogP contribution in [0.15, 0.2) is 53.4 Å². The van der Waals surface area contributed by atoms with Crippen molar-refractivity contribution in [1.29, 1.82) is 0 Å². The molecule has 4 rings (SSSR count). The summed E-state index contributed by atoms with van der Waals surface area (Å²) in [6.45, 7) is 3.34. The molecule has 0 saturated carbocycles. The molecular weight excluding hydrogens is 522 g/mol. The van der Waals surface area contributed by atoms with Crippen molar-refractivity contribution in [2.75, 3.05) is 65.8 Å². The van der Waals surface area contributed by atoms with Gasteiger partial charge in [-0.1, -0.05) is 12.1 Å². The van der Waals surface area contributed by atoms with Gasteiger partial charge in [-0.3, -0.25) is 4.79 Å². The summed E-state index contributed by atoms with van der Waals surface area (Å²) >= 11 is 0. The highest BCUT2D eigenvalue weighted by Crippen LogP contribution is 2.20. The molecule has 2 aliphatic rings. The van der Waals surface area contributed by atoms with Gasteiger partial charge in [-0.05, 0) is 42.0 Å². The monoisotopic (exact) mass is 553 g/mol. The highest BCUT2D eigenvalue weighted by Gasteiger charge is 2.26. The Bertz CT molecular complexity index is 1250. The molecule has 37 heavy (non-hydrogen) atoms. The van der Waals surface area contributed by atoms with E-state index in [1.165, 1.54) is 20.7 Å². The summed E-state index contributed by atoms with van der Waals surface area (Å²) in [6.07, 6.45) is 0. The summed E-state index contributed by atoms with van der Waals surface area (Å²) in [5, 5.41) is 2.75. The Balaban J connectivity index is 1.22. The molecule has 0 atom stereocenters. The molecule has 0 bridgehead atoms. The second-order valence-electron chi connectivity index (χ2n) is 8.56. The minimum Gasteiger partial charge on any atom is -0.492 e. The van der Waals surface area contributed by atoms with Crippen LogP contribution in [0.25, 0.3) is 0 Å². The minimum atomic E-state index is -3.57. The summed E-state index contributed by atoms with van der Waals surface area (Å²) in [4.78, 5) is 12.6. The standard InChI is InChI=1S/C24H31N3O8S2/c28-24(21-3-1-20(2-4-21)19-36(29,30)26-10-15-33-16-11-26)25-9-14-35-22-5-7-23(8-6-22)37(31,32)27-12-17-34-18-13-27/h1-8H,9-19H2,(H,25,28). The molecule has 2 fully saturated rings. The molecule has 1 amide bonds. The fourth-order valence-electron chi connectivity index (χ4n) is 3.96. The summed E-state index contributed by atoms with van der Waals surface area (Å²) in [5.41, 5.74) is 1.01. The van der Waals surface area contributed by atoms with Gasteiger partial charge in [0.05, 0.1) is 43.6 Å². The highest BCUT2D eigenvalue weighted by atomic mass is 32.2. The molecule has 0 unspecified atom stereocenters. The number of hydrogen-bond acceptors (Lipinski definition) is 8. The number of morpholine rings is 2. The molecule has 0 radical (unpaired) electrons. The van der Waals surface area contributed by atoms with Crippen molar-refractivity contribution in [3.05, 3.63) is 59.7 Å². The second kappa shape index (κ2) is 12.3. The lowest BCUT2D eigenvalue weighted by Crippen LogP contribution is -2.41. The van der Waals surface area contributed by atoms with Gasteiger partial charge in [0, 0.05) is 31.7 Å². The number of benzene rings is 2. The van der Waals surface area contributed by atoms with Gasteiger partial charge in [0.15, 0.2) is 0 Å². The average Bonchev–Trinajstić information content (AvgIpc) is 2.92. The number of rotatable bonds is 10. The normalized spacial score (nSPS) is 17.8. The van der Waals surface area contributed by atoms with Gasteiger partial charge in [0.1, 0.15) is 12.4 Å². The van der Waals surface area contributed by atoms with E-state index in [9.17, 15) is 21.6 Å². The van der Waals surface area contributed by atoms with Crippen LogP contribution in [0.1, 0.15) is 15.9 Å². The van der Waals surface area contributed by atoms with Gasteiger partial charge in [-0.2, -0.15) is 8.61 Å². The molecule has 0 aliphatic carbocycles. The van der Waals surface area contributed by atoms with Crippen molar-refractivity contribution in [2.45, 2.75) is 10.6 Å². The predicted molar refractivity (Wildman–Crippen MR) is 135 cm³/mol. The van der Waals surface area contributed by atoms with E-state index in [2.05, 4.69) is 5.32 Å². The van der Waals surface area contributed by atoms with E-state index in [0.717, 1.165) is 0 Å². The van der Waals surface area contributed by atoms with Crippen LogP contribution >= 0.6 is 0 Å². The summed E-state index contributed by atoms with van der Waals surface area (Å²) < 4.78 is 69.3. The lowest BCUT2D eigenvalue weighted by molar-refractivity contribution is 0.0729. The van der Waals surface area contributed by atoms with Crippen LogP contribution in [0.4, 0.5) is 0 Å². The van der Waals surface area contributed by atoms with Crippen LogP contribution in [0.2, 0.25) is 0 Å². The maximum Gasteiger partial charge on any atom is 0.251 e. The van der Waals surface area contributed by atoms with Crippen molar-refractivity contribution in [2.24, 2.45) is 0 Å². The van der Waals surface area contributed by atoms with Crippen LogP contribution in [-0.2, 0) is 35.3 Å². The van der Waals surface area contributed by atoms with Crippen molar-refractivity contribution in [3.63, 3.8) is 0 Å². The Morgan fingerprint density at radius 3 is 1.97 bits per heavy atom. The Labute approximate surface area is 217 Å². The SMILES string of the molecule is O=C(NCCOc1ccc(S(=O)(=O)N2CCOCC2)cc1)c1ccc(CS(=O)(=O)N2CCOCC2)cc1. The zero-order valence-corrected chi connectivity index (χ0v) is 22.0. The van der Waals surface area contributed by atoms with E-state index < -0.39 is 20.0 Å². The highest BCUT2D eigenvalue weighted by molar-refractivity contribution is 7.89. The van der Waals surface area contributed by atoms with Gasteiger partial charge in [0.25, 0.3) is 5.91 Å². The maximum atomic E-state index is 12.7. The molecule has 2 aromatic rings. The number of ether oxygens (including phenoxy) is 3. The van der Waals surface area contributed by atoms with Crippen molar-refractivity contribution in [1.82, 2.24) is 13.9 Å². The smallest absolute Gasteiger partial charge is 0.251 e. The number of nitrogens with zero attached hydrogens (tertiary/aromatic N) is 2. The second-order valence-corrected chi connectivity index (χ2v) is 12.5. The molecule has 1 N–H and O–H groups in total. The fourth-order valence-corrected chi connectivity index (χ4v) is 6.87. The van der Waals surface area contributed by atoms with Crippen LogP contribution < -0.4 is 10.1 Å². The average molecular weight is 554 g/mol. The summed E-state index contributed by atoms with van der Waals surface area (Å²) in [5.74, 6) is 0.0501. The van der Waals surface area contributed by atoms with Crippen LogP contribution in [0.3, 0.4) is 0 Å². The maximum absolute atomic E-state index is 12.7. The Morgan fingerprint density at radius 1 is 0.811 bits per heavy atom. The Kier molecular flexibility index (Phi) is 9.16. The topological polar surface area (TPSA) is 132 Å². The Hall–Kier alpha value is -2.55. The molecule has 2 aliphatic heterocycles. The van der Waals surface area contributed by atoms with Crippen molar-refractivity contribution < 1.29 is 35.8 Å². The van der Waals surface area contributed by atoms with Crippen molar-refractivity contribution >= 4 is 26.0 Å². The number of amides is 1. The van der Waals surface area contributed by atoms with E-state index in [1.54, 1.807) is 36.4 Å². The minimum absolute atomic E-state index is 0.130. The number of sulfonamides is 2. The third-order valence-electron chi connectivity index (χ3n) is 6.02. The predicted octanol–water partition coefficient (Wildman–Crippen LogP) is 0.678. The van der Waals surface area contributed by atoms with Crippen LogP contribution in [0, 0.1) is 0 Å². The first-order valence-corrected chi connectivity index (χ1v) is 15.0. The fraction of sp³-hybridized carbons (Fsp3) is 0.458. The number of nitrogens with one attached hydrogen (secondary N) is 1. The third kappa shape index (κ3) is 7.27. The third-order valence-corrected chi connectivity index (χ3v) is 9.78. The van der Waals surface area contributed by atoms with E-state index in [4.69, 9.17) is 14.2 Å². The number of carbonyl (C=O) groups is 1. The van der Waals surface area contributed by atoms with E-state index >= 15 is 0 Å². The van der Waals surface area contributed by atoms with Crippen molar-refractivity contribution in [3.8, 4) is 5.75 Å². The van der Waals surface area contributed by atoms with E-state index in [0.29, 0.717) is 69.5 Å². The van der Waals surface area contributed by atoms with E-state index in [-0.39, 0.29) is 29.7 Å². The first kappa shape index (κ1) is 27.5. The summed E-state index contributed by atoms with van der Waals surface area (Å²) in [6, 6.07) is 12.6. The zero-order chi connectivity index (χ0) is 26.3. The lowest BCUT2D eigenvalue weighted by atomic mass is 10.1. The molecule has 202 valence electrons. The van der Waals surface area contributed by atoms with Crippen LogP contribution in [0.5, 0.6) is 5.75 Å².